The van der Waals surface area contributed by atoms with Crippen molar-refractivity contribution in [1.29, 1.82) is 0 Å². The highest BCUT2D eigenvalue weighted by Crippen LogP contribution is 2.36. The number of carbonyl (C=O) groups excluding carboxylic acids is 1. The molecule has 1 aliphatic rings. The summed E-state index contributed by atoms with van der Waals surface area (Å²) in [7, 11) is 0. The van der Waals surface area contributed by atoms with Crippen LogP contribution in [0, 0.1) is 10.1 Å². The van der Waals surface area contributed by atoms with Crippen molar-refractivity contribution in [1.82, 2.24) is 4.90 Å². The van der Waals surface area contributed by atoms with Gasteiger partial charge in [0, 0.05) is 12.5 Å². The maximum Gasteiger partial charge on any atom is 0.326 e. The number of carboxylic acids is 2. The number of nitro groups is 1. The molecule has 0 bridgehead atoms. The molecule has 1 heterocycles. The monoisotopic (exact) mass is 412 g/mol. The molecule has 0 aromatic heterocycles. The Morgan fingerprint density at radius 1 is 1.37 bits per heavy atom. The van der Waals surface area contributed by atoms with E-state index in [4.69, 9.17) is 17.3 Å². The van der Waals surface area contributed by atoms with E-state index < -0.39 is 46.7 Å². The molecule has 1 saturated heterocycles. The minimum atomic E-state index is -1.44. The molecule has 1 amide bonds. The number of thioether (sulfide) groups is 1. The number of aliphatic carboxylic acids is 2. The van der Waals surface area contributed by atoms with Crippen molar-refractivity contribution in [3.8, 4) is 5.75 Å². The number of aromatic hydroxyl groups is 1. The fourth-order valence-corrected chi connectivity index (χ4v) is 3.66. The standard InChI is InChI=1S/C15H12N2O8S2/c18-10-3-1-7(5-9(10)17(24)25)6-11-13(21)16(15(26)27-11)8(14(22)23)2-4-12(19)20/h1,3,5-6,8,18H,2,4H2,(H,19,20)(H,22,23)/b11-6+. The Kier molecular flexibility index (Phi) is 6.13. The van der Waals surface area contributed by atoms with Gasteiger partial charge in [0.15, 0.2) is 5.75 Å². The van der Waals surface area contributed by atoms with Gasteiger partial charge in [-0.3, -0.25) is 24.6 Å². The van der Waals surface area contributed by atoms with E-state index in [1.807, 2.05) is 0 Å². The van der Waals surface area contributed by atoms with E-state index in [1.165, 1.54) is 12.1 Å². The number of nitro benzene ring substituents is 1. The number of phenols is 1. The minimum Gasteiger partial charge on any atom is -0.502 e. The van der Waals surface area contributed by atoms with Crippen LogP contribution in [0.3, 0.4) is 0 Å². The van der Waals surface area contributed by atoms with Crippen LogP contribution >= 0.6 is 24.0 Å². The van der Waals surface area contributed by atoms with Crippen LogP contribution in [0.25, 0.3) is 6.08 Å². The Bertz CT molecular complexity index is 883. The third-order valence-electron chi connectivity index (χ3n) is 3.55. The van der Waals surface area contributed by atoms with Crippen LogP contribution in [0.15, 0.2) is 23.1 Å². The molecule has 0 spiro atoms. The molecular formula is C15H12N2O8S2. The fraction of sp³-hybridized carbons (Fsp3) is 0.200. The predicted molar refractivity (Wildman–Crippen MR) is 98.1 cm³/mol. The topological polar surface area (TPSA) is 158 Å². The highest BCUT2D eigenvalue weighted by molar-refractivity contribution is 8.26. The summed E-state index contributed by atoms with van der Waals surface area (Å²) in [5, 5.41) is 38.4. The van der Waals surface area contributed by atoms with E-state index in [1.54, 1.807) is 0 Å². The van der Waals surface area contributed by atoms with E-state index in [-0.39, 0.29) is 21.2 Å². The Hall–Kier alpha value is -2.99. The number of thiocarbonyl (C=S) groups is 1. The Morgan fingerprint density at radius 2 is 2.04 bits per heavy atom. The normalized spacial score (nSPS) is 16.6. The van der Waals surface area contributed by atoms with Crippen molar-refractivity contribution in [2.45, 2.75) is 18.9 Å². The average molecular weight is 412 g/mol. The highest BCUT2D eigenvalue weighted by Gasteiger charge is 2.40. The zero-order valence-corrected chi connectivity index (χ0v) is 15.0. The number of rotatable bonds is 7. The summed E-state index contributed by atoms with van der Waals surface area (Å²) < 4.78 is -0.0580. The summed E-state index contributed by atoms with van der Waals surface area (Å²) in [5.74, 6) is -3.88. The van der Waals surface area contributed by atoms with Crippen LogP contribution in [0.5, 0.6) is 5.75 Å². The Balaban J connectivity index is 2.33. The summed E-state index contributed by atoms with van der Waals surface area (Å²) >= 11 is 5.84. The number of phenolic OH excluding ortho intramolecular Hbond substituents is 1. The average Bonchev–Trinajstić information content (AvgIpc) is 2.83. The van der Waals surface area contributed by atoms with Crippen LogP contribution in [0.1, 0.15) is 18.4 Å². The van der Waals surface area contributed by atoms with E-state index in [9.17, 15) is 34.7 Å². The third kappa shape index (κ3) is 4.60. The quantitative estimate of drug-likeness (QED) is 0.261. The molecule has 0 aliphatic carbocycles. The van der Waals surface area contributed by atoms with Gasteiger partial charge in [0.05, 0.1) is 9.83 Å². The van der Waals surface area contributed by atoms with Gasteiger partial charge in [-0.05, 0) is 24.1 Å². The van der Waals surface area contributed by atoms with E-state index in [2.05, 4.69) is 0 Å². The van der Waals surface area contributed by atoms with Crippen LogP contribution in [-0.2, 0) is 14.4 Å². The summed E-state index contributed by atoms with van der Waals surface area (Å²) in [6.07, 6.45) is 0.494. The number of carboxylic acid groups (broad SMARTS) is 2. The van der Waals surface area contributed by atoms with Crippen molar-refractivity contribution >= 4 is 57.9 Å². The third-order valence-corrected chi connectivity index (χ3v) is 4.88. The number of amides is 1. The molecule has 1 fully saturated rings. The molecule has 142 valence electrons. The molecule has 0 radical (unpaired) electrons. The van der Waals surface area contributed by atoms with Crippen LogP contribution < -0.4 is 0 Å². The Morgan fingerprint density at radius 3 is 2.59 bits per heavy atom. The second kappa shape index (κ2) is 8.14. The molecule has 1 aromatic carbocycles. The summed E-state index contributed by atoms with van der Waals surface area (Å²) in [6, 6.07) is 2.06. The van der Waals surface area contributed by atoms with E-state index >= 15 is 0 Å². The first-order chi connectivity index (χ1) is 12.6. The van der Waals surface area contributed by atoms with Gasteiger partial charge in [-0.25, -0.2) is 4.79 Å². The zero-order chi connectivity index (χ0) is 20.3. The SMILES string of the molecule is O=C(O)CCC(C(=O)O)N1C(=O)/C(=C\c2ccc(O)c([N+](=O)[O-])c2)SC1=S. The molecule has 3 N–H and O–H groups in total. The number of hydrogen-bond acceptors (Lipinski definition) is 8. The summed E-state index contributed by atoms with van der Waals surface area (Å²) in [4.78, 5) is 45.6. The molecule has 12 heteroatoms. The lowest BCUT2D eigenvalue weighted by Gasteiger charge is -2.22. The number of nitrogens with zero attached hydrogens (tertiary/aromatic N) is 2. The molecule has 1 atom stereocenters. The van der Waals surface area contributed by atoms with E-state index in [0.29, 0.717) is 0 Å². The molecule has 2 rings (SSSR count). The van der Waals surface area contributed by atoms with Crippen LogP contribution in [0.2, 0.25) is 0 Å². The lowest BCUT2D eigenvalue weighted by atomic mass is 10.1. The molecule has 0 saturated carbocycles. The Labute approximate surface area is 161 Å². The minimum absolute atomic E-state index is 0.0292. The first-order valence-corrected chi connectivity index (χ1v) is 8.53. The highest BCUT2D eigenvalue weighted by atomic mass is 32.2. The first kappa shape index (κ1) is 20.3. The molecule has 1 aliphatic heterocycles. The van der Waals surface area contributed by atoms with Gasteiger partial charge in [0.1, 0.15) is 10.4 Å². The van der Waals surface area contributed by atoms with Gasteiger partial charge in [0.2, 0.25) is 0 Å². The van der Waals surface area contributed by atoms with Crippen LogP contribution in [0.4, 0.5) is 5.69 Å². The lowest BCUT2D eigenvalue weighted by Crippen LogP contribution is -2.44. The van der Waals surface area contributed by atoms with Crippen LogP contribution in [-0.4, -0.2) is 53.4 Å². The van der Waals surface area contributed by atoms with Crippen molar-refractivity contribution < 1.29 is 34.6 Å². The van der Waals surface area contributed by atoms with Crippen molar-refractivity contribution in [3.63, 3.8) is 0 Å². The summed E-state index contributed by atoms with van der Waals surface area (Å²) in [5.41, 5.74) is -0.318. The van der Waals surface area contributed by atoms with Crippen molar-refractivity contribution in [2.24, 2.45) is 0 Å². The van der Waals surface area contributed by atoms with Crippen molar-refractivity contribution in [3.05, 3.63) is 38.8 Å². The maximum atomic E-state index is 12.6. The van der Waals surface area contributed by atoms with Gasteiger partial charge < -0.3 is 15.3 Å². The fourth-order valence-electron chi connectivity index (χ4n) is 2.30. The molecule has 1 aromatic rings. The molecule has 27 heavy (non-hydrogen) atoms. The molecule has 1 unspecified atom stereocenters. The first-order valence-electron chi connectivity index (χ1n) is 7.31. The molecule has 10 nitrogen and oxygen atoms in total. The number of benzene rings is 1. The summed E-state index contributed by atoms with van der Waals surface area (Å²) in [6.45, 7) is 0. The second-order valence-corrected chi connectivity index (χ2v) is 7.02. The zero-order valence-electron chi connectivity index (χ0n) is 13.4. The maximum absolute atomic E-state index is 12.6. The van der Waals surface area contributed by atoms with Crippen molar-refractivity contribution in [2.75, 3.05) is 0 Å². The smallest absolute Gasteiger partial charge is 0.326 e. The molecular weight excluding hydrogens is 400 g/mol. The van der Waals surface area contributed by atoms with Gasteiger partial charge in [-0.1, -0.05) is 30.0 Å². The lowest BCUT2D eigenvalue weighted by molar-refractivity contribution is -0.385. The predicted octanol–water partition coefficient (Wildman–Crippen LogP) is 1.82. The number of hydrogen-bond donors (Lipinski definition) is 3. The largest absolute Gasteiger partial charge is 0.502 e. The van der Waals surface area contributed by atoms with Gasteiger partial charge in [0.25, 0.3) is 5.91 Å². The second-order valence-electron chi connectivity index (χ2n) is 5.34. The van der Waals surface area contributed by atoms with E-state index in [0.717, 1.165) is 28.8 Å². The van der Waals surface area contributed by atoms with Gasteiger partial charge in [-0.15, -0.1) is 0 Å². The van der Waals surface area contributed by atoms with Gasteiger partial charge >= 0.3 is 17.6 Å². The number of carbonyl (C=O) groups is 3. The van der Waals surface area contributed by atoms with Gasteiger partial charge in [-0.2, -0.15) is 0 Å².